The van der Waals surface area contributed by atoms with Crippen LogP contribution in [0.2, 0.25) is 0 Å². The second kappa shape index (κ2) is 4.80. The summed E-state index contributed by atoms with van der Waals surface area (Å²) in [6, 6.07) is 5.95. The van der Waals surface area contributed by atoms with Crippen molar-refractivity contribution in [3.63, 3.8) is 0 Å². The molecule has 4 nitrogen and oxygen atoms in total. The average Bonchev–Trinajstić information content (AvgIpc) is 2.70. The summed E-state index contributed by atoms with van der Waals surface area (Å²) in [4.78, 5) is 13.9. The lowest BCUT2D eigenvalue weighted by molar-refractivity contribution is 0.0316. The van der Waals surface area contributed by atoms with E-state index in [1.807, 2.05) is 25.1 Å². The van der Waals surface area contributed by atoms with E-state index in [-0.39, 0.29) is 11.7 Å². The average molecular weight is 325 g/mol. The third kappa shape index (κ3) is 2.37. The Bertz CT molecular complexity index is 512. The second-order valence-corrected chi connectivity index (χ2v) is 6.17. The van der Waals surface area contributed by atoms with Gasteiger partial charge in [-0.05, 0) is 43.8 Å². The zero-order valence-corrected chi connectivity index (χ0v) is 12.5. The number of nitrogens with one attached hydrogen (secondary N) is 1. The highest BCUT2D eigenvalue weighted by Gasteiger charge is 2.46. The molecule has 3 rings (SSSR count). The lowest BCUT2D eigenvalue weighted by Gasteiger charge is -2.31. The predicted molar refractivity (Wildman–Crippen MR) is 77.5 cm³/mol. The van der Waals surface area contributed by atoms with Crippen molar-refractivity contribution in [1.29, 1.82) is 0 Å². The molecule has 2 aliphatic rings. The Morgan fingerprint density at radius 1 is 1.37 bits per heavy atom. The Balaban J connectivity index is 1.85. The van der Waals surface area contributed by atoms with Crippen molar-refractivity contribution in [1.82, 2.24) is 5.32 Å². The van der Waals surface area contributed by atoms with Gasteiger partial charge in [0.05, 0.1) is 6.54 Å². The van der Waals surface area contributed by atoms with Gasteiger partial charge >= 0.3 is 6.09 Å². The summed E-state index contributed by atoms with van der Waals surface area (Å²) in [6.45, 7) is 4.52. The topological polar surface area (TPSA) is 41.6 Å². The molecule has 0 atom stereocenters. The van der Waals surface area contributed by atoms with Crippen molar-refractivity contribution in [3.8, 4) is 0 Å². The minimum Gasteiger partial charge on any atom is -0.441 e. The van der Waals surface area contributed by atoms with Gasteiger partial charge in [-0.15, -0.1) is 0 Å². The van der Waals surface area contributed by atoms with Gasteiger partial charge in [-0.2, -0.15) is 0 Å². The number of carbonyl (C=O) groups is 1. The van der Waals surface area contributed by atoms with E-state index in [4.69, 9.17) is 4.74 Å². The van der Waals surface area contributed by atoms with Crippen LogP contribution in [-0.4, -0.2) is 31.3 Å². The Labute approximate surface area is 121 Å². The molecule has 102 valence electrons. The summed E-state index contributed by atoms with van der Waals surface area (Å²) in [5, 5.41) is 3.31. The molecule has 1 spiro atoms. The minimum absolute atomic E-state index is 0.219. The Kier molecular flexibility index (Phi) is 3.27. The van der Waals surface area contributed by atoms with Crippen LogP contribution in [-0.2, 0) is 4.74 Å². The fourth-order valence-electron chi connectivity index (χ4n) is 2.76. The number of amides is 1. The van der Waals surface area contributed by atoms with Crippen molar-refractivity contribution in [2.24, 2.45) is 0 Å². The quantitative estimate of drug-likeness (QED) is 0.863. The fraction of sp³-hybridized carbons (Fsp3) is 0.500. The van der Waals surface area contributed by atoms with Crippen LogP contribution in [0.15, 0.2) is 22.7 Å². The van der Waals surface area contributed by atoms with E-state index < -0.39 is 0 Å². The van der Waals surface area contributed by atoms with Crippen molar-refractivity contribution < 1.29 is 9.53 Å². The number of halogens is 1. The van der Waals surface area contributed by atoms with Crippen LogP contribution in [0.4, 0.5) is 10.5 Å². The van der Waals surface area contributed by atoms with Gasteiger partial charge in [0.25, 0.3) is 0 Å². The van der Waals surface area contributed by atoms with Gasteiger partial charge in [-0.25, -0.2) is 4.79 Å². The van der Waals surface area contributed by atoms with E-state index in [9.17, 15) is 4.79 Å². The monoisotopic (exact) mass is 324 g/mol. The summed E-state index contributed by atoms with van der Waals surface area (Å²) in [7, 11) is 0. The van der Waals surface area contributed by atoms with Crippen LogP contribution >= 0.6 is 15.9 Å². The number of hydrogen-bond acceptors (Lipinski definition) is 3. The van der Waals surface area contributed by atoms with E-state index >= 15 is 0 Å². The number of nitrogens with zero attached hydrogens (tertiary/aromatic N) is 1. The number of hydrogen-bond donors (Lipinski definition) is 1. The first-order valence-corrected chi connectivity index (χ1v) is 7.36. The van der Waals surface area contributed by atoms with Gasteiger partial charge in [-0.3, -0.25) is 4.90 Å². The predicted octanol–water partition coefficient (Wildman–Crippen LogP) is 2.84. The molecule has 2 saturated heterocycles. The fourth-order valence-corrected chi connectivity index (χ4v) is 3.01. The van der Waals surface area contributed by atoms with Gasteiger partial charge in [0.1, 0.15) is 5.60 Å². The number of carbonyl (C=O) groups excluding carboxylic acids is 1. The molecule has 2 aliphatic heterocycles. The van der Waals surface area contributed by atoms with E-state index in [0.29, 0.717) is 6.54 Å². The summed E-state index contributed by atoms with van der Waals surface area (Å²) in [6.07, 6.45) is 1.57. The zero-order valence-electron chi connectivity index (χ0n) is 10.9. The number of benzene rings is 1. The van der Waals surface area contributed by atoms with Crippen LogP contribution in [0.25, 0.3) is 0 Å². The molecule has 2 fully saturated rings. The number of rotatable bonds is 1. The summed E-state index contributed by atoms with van der Waals surface area (Å²) in [5.41, 5.74) is 1.75. The van der Waals surface area contributed by atoms with Crippen LogP contribution in [0.5, 0.6) is 0 Å². The number of piperidine rings is 1. The first-order chi connectivity index (χ1) is 9.10. The summed E-state index contributed by atoms with van der Waals surface area (Å²) < 4.78 is 6.72. The van der Waals surface area contributed by atoms with E-state index in [1.165, 1.54) is 0 Å². The summed E-state index contributed by atoms with van der Waals surface area (Å²) >= 11 is 3.48. The Morgan fingerprint density at radius 3 is 2.79 bits per heavy atom. The lowest BCUT2D eigenvalue weighted by Crippen LogP contribution is -2.44. The van der Waals surface area contributed by atoms with Gasteiger partial charge in [0.15, 0.2) is 0 Å². The van der Waals surface area contributed by atoms with Crippen LogP contribution in [0.1, 0.15) is 18.4 Å². The van der Waals surface area contributed by atoms with Crippen molar-refractivity contribution in [2.75, 3.05) is 24.5 Å². The van der Waals surface area contributed by atoms with Crippen molar-refractivity contribution >= 4 is 27.7 Å². The SMILES string of the molecule is Cc1cc(N2CC3(CCNCC3)OC2=O)ccc1Br. The molecule has 0 aromatic heterocycles. The molecular formula is C14H17BrN2O2. The highest BCUT2D eigenvalue weighted by atomic mass is 79.9. The molecule has 0 aliphatic carbocycles. The van der Waals surface area contributed by atoms with Crippen LogP contribution < -0.4 is 10.2 Å². The van der Waals surface area contributed by atoms with Gasteiger partial charge < -0.3 is 10.1 Å². The van der Waals surface area contributed by atoms with Crippen molar-refractivity contribution in [2.45, 2.75) is 25.4 Å². The highest BCUT2D eigenvalue weighted by Crippen LogP contribution is 2.35. The first kappa shape index (κ1) is 12.9. The maximum atomic E-state index is 12.1. The third-order valence-electron chi connectivity index (χ3n) is 3.94. The second-order valence-electron chi connectivity index (χ2n) is 5.32. The third-order valence-corrected chi connectivity index (χ3v) is 4.83. The molecule has 5 heteroatoms. The molecule has 1 amide bonds. The number of anilines is 1. The maximum Gasteiger partial charge on any atom is 0.415 e. The summed E-state index contributed by atoms with van der Waals surface area (Å²) in [5.74, 6) is 0. The molecule has 0 saturated carbocycles. The normalized spacial score (nSPS) is 21.8. The van der Waals surface area contributed by atoms with E-state index in [2.05, 4.69) is 21.2 Å². The molecule has 0 bridgehead atoms. The number of ether oxygens (including phenoxy) is 1. The van der Waals surface area contributed by atoms with Crippen molar-refractivity contribution in [3.05, 3.63) is 28.2 Å². The highest BCUT2D eigenvalue weighted by molar-refractivity contribution is 9.10. The molecule has 1 aromatic carbocycles. The molecular weight excluding hydrogens is 308 g/mol. The standard InChI is InChI=1S/C14H17BrN2O2/c1-10-8-11(2-3-12(10)15)17-9-14(19-13(17)18)4-6-16-7-5-14/h2-3,8,16H,4-7,9H2,1H3. The lowest BCUT2D eigenvalue weighted by atomic mass is 9.92. The molecule has 1 N–H and O–H groups in total. The molecule has 0 radical (unpaired) electrons. The van der Waals surface area contributed by atoms with Crippen LogP contribution in [0, 0.1) is 6.92 Å². The molecule has 1 aromatic rings. The van der Waals surface area contributed by atoms with Gasteiger partial charge in [-0.1, -0.05) is 15.9 Å². The maximum absolute atomic E-state index is 12.1. The molecule has 2 heterocycles. The first-order valence-electron chi connectivity index (χ1n) is 6.57. The molecule has 0 unspecified atom stereocenters. The van der Waals surface area contributed by atoms with E-state index in [1.54, 1.807) is 4.90 Å². The Morgan fingerprint density at radius 2 is 2.11 bits per heavy atom. The van der Waals surface area contributed by atoms with Crippen LogP contribution in [0.3, 0.4) is 0 Å². The molecule has 19 heavy (non-hydrogen) atoms. The van der Waals surface area contributed by atoms with Gasteiger partial charge in [0.2, 0.25) is 0 Å². The minimum atomic E-state index is -0.288. The number of aryl methyl sites for hydroxylation is 1. The largest absolute Gasteiger partial charge is 0.441 e. The van der Waals surface area contributed by atoms with Gasteiger partial charge in [0, 0.05) is 23.0 Å². The van der Waals surface area contributed by atoms with E-state index in [0.717, 1.165) is 41.7 Å². The Hall–Kier alpha value is -1.07. The smallest absolute Gasteiger partial charge is 0.415 e. The zero-order chi connectivity index (χ0) is 13.5.